The summed E-state index contributed by atoms with van der Waals surface area (Å²) < 4.78 is 2.06. The molecule has 0 bridgehead atoms. The van der Waals surface area contributed by atoms with E-state index in [1.807, 2.05) is 60.8 Å². The molecule has 1 aromatic heterocycles. The first-order valence-electron chi connectivity index (χ1n) is 10.4. The van der Waals surface area contributed by atoms with Crippen LogP contribution in [0.1, 0.15) is 21.5 Å². The monoisotopic (exact) mass is 467 g/mol. The smallest absolute Gasteiger partial charge is 0.253 e. The van der Waals surface area contributed by atoms with Gasteiger partial charge >= 0.3 is 0 Å². The maximum absolute atomic E-state index is 12.8. The number of hydrogen-bond acceptors (Lipinski definition) is 5. The van der Waals surface area contributed by atoms with Crippen molar-refractivity contribution in [3.05, 3.63) is 63.9 Å². The minimum absolute atomic E-state index is 0.0319. The fraction of sp³-hybridized carbons (Fsp3) is 0.304. The maximum atomic E-state index is 12.8. The Hall–Kier alpha value is -2.91. The molecule has 0 aliphatic carbocycles. The average Bonchev–Trinajstić information content (AvgIpc) is 3.15. The van der Waals surface area contributed by atoms with Crippen LogP contribution < -0.4 is 5.32 Å². The number of H-pyrrole nitrogens is 1. The third-order valence-corrected chi connectivity index (χ3v) is 6.67. The predicted octanol–water partition coefficient (Wildman–Crippen LogP) is 4.05. The summed E-state index contributed by atoms with van der Waals surface area (Å²) in [4.78, 5) is 27.4. The van der Waals surface area contributed by atoms with Gasteiger partial charge < -0.3 is 10.2 Å². The molecule has 1 aliphatic heterocycles. The van der Waals surface area contributed by atoms with Gasteiger partial charge in [-0.15, -0.1) is 0 Å². The fourth-order valence-electron chi connectivity index (χ4n) is 3.61. The summed E-state index contributed by atoms with van der Waals surface area (Å²) in [6.45, 7) is 5.48. The Morgan fingerprint density at radius 3 is 2.53 bits per heavy atom. The van der Waals surface area contributed by atoms with Crippen molar-refractivity contribution in [1.82, 2.24) is 19.7 Å². The van der Waals surface area contributed by atoms with Gasteiger partial charge in [0.2, 0.25) is 5.91 Å². The van der Waals surface area contributed by atoms with Crippen molar-refractivity contribution in [2.75, 3.05) is 29.9 Å². The number of nitrogens with one attached hydrogen (secondary N) is 2. The Kier molecular flexibility index (Phi) is 6.76. The number of anilines is 1. The van der Waals surface area contributed by atoms with E-state index in [4.69, 9.17) is 12.2 Å². The second-order valence-corrected chi connectivity index (χ2v) is 9.40. The predicted molar refractivity (Wildman–Crippen MR) is 131 cm³/mol. The number of aromatic nitrogens is 3. The molecule has 0 atom stereocenters. The molecular weight excluding hydrogens is 442 g/mol. The molecule has 0 radical (unpaired) electrons. The van der Waals surface area contributed by atoms with Gasteiger partial charge in [-0.2, -0.15) is 16.9 Å². The fourth-order valence-corrected chi connectivity index (χ4v) is 4.71. The number of aromatic amines is 1. The van der Waals surface area contributed by atoms with Crippen molar-refractivity contribution in [3.8, 4) is 11.4 Å². The Morgan fingerprint density at radius 2 is 1.84 bits per heavy atom. The summed E-state index contributed by atoms with van der Waals surface area (Å²) >= 11 is 7.21. The molecule has 1 aliphatic rings. The molecule has 1 fully saturated rings. The summed E-state index contributed by atoms with van der Waals surface area (Å²) in [5.41, 5.74) is 4.18. The lowest BCUT2D eigenvalue weighted by Crippen LogP contribution is -2.37. The molecule has 2 amide bonds. The largest absolute Gasteiger partial charge is 0.337 e. The average molecular weight is 468 g/mol. The van der Waals surface area contributed by atoms with Crippen LogP contribution in [-0.4, -0.2) is 56.1 Å². The highest BCUT2D eigenvalue weighted by Gasteiger charge is 2.19. The second kappa shape index (κ2) is 9.70. The molecule has 32 heavy (non-hydrogen) atoms. The molecule has 2 aromatic carbocycles. The van der Waals surface area contributed by atoms with E-state index in [2.05, 4.69) is 15.5 Å². The SMILES string of the molecule is Cc1ccc(-c2n[nH]c(=S)n2CC(=O)Nc2ccc(C(=O)N3CCSCC3)cc2C)cc1. The quantitative estimate of drug-likeness (QED) is 0.553. The van der Waals surface area contributed by atoms with Gasteiger partial charge in [-0.1, -0.05) is 29.8 Å². The zero-order chi connectivity index (χ0) is 22.7. The highest BCUT2D eigenvalue weighted by molar-refractivity contribution is 7.99. The van der Waals surface area contributed by atoms with E-state index in [9.17, 15) is 9.59 Å². The molecule has 9 heteroatoms. The Bertz CT molecular complexity index is 1190. The third-order valence-electron chi connectivity index (χ3n) is 5.42. The van der Waals surface area contributed by atoms with Gasteiger partial charge in [0.1, 0.15) is 6.54 Å². The first-order valence-corrected chi connectivity index (χ1v) is 12.0. The topological polar surface area (TPSA) is 83.0 Å². The van der Waals surface area contributed by atoms with Gasteiger partial charge in [0, 0.05) is 41.4 Å². The lowest BCUT2D eigenvalue weighted by Gasteiger charge is -2.26. The molecular formula is C23H25N5O2S2. The van der Waals surface area contributed by atoms with E-state index in [1.54, 1.807) is 16.7 Å². The van der Waals surface area contributed by atoms with Crippen LogP contribution in [0.5, 0.6) is 0 Å². The van der Waals surface area contributed by atoms with Crippen LogP contribution in [0.25, 0.3) is 11.4 Å². The Balaban J connectivity index is 1.47. The third kappa shape index (κ3) is 4.94. The minimum atomic E-state index is -0.217. The van der Waals surface area contributed by atoms with Crippen LogP contribution in [0.2, 0.25) is 0 Å². The van der Waals surface area contributed by atoms with E-state index in [1.165, 1.54) is 0 Å². The lowest BCUT2D eigenvalue weighted by atomic mass is 10.1. The van der Waals surface area contributed by atoms with Gasteiger partial charge in [0.15, 0.2) is 10.6 Å². The Morgan fingerprint density at radius 1 is 1.12 bits per heavy atom. The first-order chi connectivity index (χ1) is 15.4. The highest BCUT2D eigenvalue weighted by atomic mass is 32.2. The molecule has 0 saturated carbocycles. The molecule has 2 N–H and O–H groups in total. The zero-order valence-electron chi connectivity index (χ0n) is 18.1. The van der Waals surface area contributed by atoms with Gasteiger partial charge in [0.25, 0.3) is 5.91 Å². The molecule has 1 saturated heterocycles. The van der Waals surface area contributed by atoms with E-state index in [0.717, 1.165) is 41.3 Å². The summed E-state index contributed by atoms with van der Waals surface area (Å²) in [5, 5.41) is 10.00. The first kappa shape index (κ1) is 22.3. The van der Waals surface area contributed by atoms with Crippen molar-refractivity contribution in [2.24, 2.45) is 0 Å². The number of carbonyl (C=O) groups is 2. The molecule has 4 rings (SSSR count). The minimum Gasteiger partial charge on any atom is -0.337 e. The number of hydrogen-bond donors (Lipinski definition) is 2. The van der Waals surface area contributed by atoms with Gasteiger partial charge in [-0.25, -0.2) is 0 Å². The van der Waals surface area contributed by atoms with Crippen molar-refractivity contribution < 1.29 is 9.59 Å². The number of thioether (sulfide) groups is 1. The number of rotatable bonds is 5. The zero-order valence-corrected chi connectivity index (χ0v) is 19.7. The molecule has 0 unspecified atom stereocenters. The second-order valence-electron chi connectivity index (χ2n) is 7.79. The van der Waals surface area contributed by atoms with Crippen LogP contribution in [-0.2, 0) is 11.3 Å². The van der Waals surface area contributed by atoms with Crippen LogP contribution >= 0.6 is 24.0 Å². The Labute approximate surface area is 196 Å². The molecule has 7 nitrogen and oxygen atoms in total. The highest BCUT2D eigenvalue weighted by Crippen LogP contribution is 2.21. The molecule has 166 valence electrons. The van der Waals surface area contributed by atoms with Gasteiger partial charge in [-0.3, -0.25) is 19.3 Å². The summed E-state index contributed by atoms with van der Waals surface area (Å²) in [7, 11) is 0. The van der Waals surface area contributed by atoms with Gasteiger partial charge in [0.05, 0.1) is 0 Å². The van der Waals surface area contributed by atoms with Gasteiger partial charge in [-0.05, 0) is 49.8 Å². The van der Waals surface area contributed by atoms with E-state index in [-0.39, 0.29) is 18.4 Å². The molecule has 3 aromatic rings. The number of aryl methyl sites for hydroxylation is 2. The summed E-state index contributed by atoms with van der Waals surface area (Å²) in [6.07, 6.45) is 0. The number of benzene rings is 2. The summed E-state index contributed by atoms with van der Waals surface area (Å²) in [5.74, 6) is 2.38. The van der Waals surface area contributed by atoms with Crippen LogP contribution in [0.15, 0.2) is 42.5 Å². The maximum Gasteiger partial charge on any atom is 0.253 e. The van der Waals surface area contributed by atoms with Crippen LogP contribution in [0.4, 0.5) is 5.69 Å². The van der Waals surface area contributed by atoms with Crippen molar-refractivity contribution in [1.29, 1.82) is 0 Å². The van der Waals surface area contributed by atoms with E-state index >= 15 is 0 Å². The normalized spacial score (nSPS) is 13.8. The van der Waals surface area contributed by atoms with Crippen molar-refractivity contribution >= 4 is 41.5 Å². The van der Waals surface area contributed by atoms with Crippen molar-refractivity contribution in [3.63, 3.8) is 0 Å². The molecule has 0 spiro atoms. The van der Waals surface area contributed by atoms with Crippen LogP contribution in [0, 0.1) is 18.6 Å². The number of nitrogens with zero attached hydrogens (tertiary/aromatic N) is 3. The number of amides is 2. The van der Waals surface area contributed by atoms with Crippen molar-refractivity contribution in [2.45, 2.75) is 20.4 Å². The lowest BCUT2D eigenvalue weighted by molar-refractivity contribution is -0.116. The standard InChI is InChI=1S/C23H25N5O2S2/c1-15-3-5-17(6-4-15)21-25-26-23(31)28(21)14-20(29)24-19-8-7-18(13-16(19)2)22(30)27-9-11-32-12-10-27/h3-8,13H,9-12,14H2,1-2H3,(H,24,29)(H,26,31). The van der Waals surface area contributed by atoms with E-state index < -0.39 is 0 Å². The number of carbonyl (C=O) groups excluding carboxylic acids is 2. The van der Waals surface area contributed by atoms with Crippen LogP contribution in [0.3, 0.4) is 0 Å². The van der Waals surface area contributed by atoms with E-state index in [0.29, 0.717) is 21.8 Å². The summed E-state index contributed by atoms with van der Waals surface area (Å²) in [6, 6.07) is 13.3. The molecule has 2 heterocycles.